The molecule has 0 aliphatic heterocycles. The number of nitrogens with zero attached hydrogens (tertiary/aromatic N) is 1. The van der Waals surface area contributed by atoms with E-state index >= 15 is 0 Å². The zero-order chi connectivity index (χ0) is 15.1. The molecule has 0 spiro atoms. The average molecular weight is 303 g/mol. The number of benzene rings is 2. The van der Waals surface area contributed by atoms with E-state index in [2.05, 4.69) is 48.3 Å². The van der Waals surface area contributed by atoms with Crippen molar-refractivity contribution in [3.05, 3.63) is 70.7 Å². The summed E-state index contributed by atoms with van der Waals surface area (Å²) in [6, 6.07) is 18.7. The first-order chi connectivity index (χ1) is 10.2. The third kappa shape index (κ3) is 4.57. The molecule has 3 heteroatoms. The molecular formula is C18H23ClN2. The van der Waals surface area contributed by atoms with Gasteiger partial charge in [0.05, 0.1) is 0 Å². The topological polar surface area (TPSA) is 29.3 Å². The number of hydrogen-bond donors (Lipinski definition) is 1. The summed E-state index contributed by atoms with van der Waals surface area (Å²) in [6.07, 6.45) is 2.20. The van der Waals surface area contributed by atoms with Crippen LogP contribution in [0.2, 0.25) is 5.02 Å². The third-order valence-electron chi connectivity index (χ3n) is 3.84. The number of aryl methyl sites for hydroxylation is 1. The maximum atomic E-state index is 6.29. The van der Waals surface area contributed by atoms with E-state index in [1.807, 2.05) is 18.2 Å². The molecule has 2 rings (SSSR count). The van der Waals surface area contributed by atoms with Gasteiger partial charge in [-0.25, -0.2) is 0 Å². The van der Waals surface area contributed by atoms with Gasteiger partial charge in [-0.3, -0.25) is 4.90 Å². The second kappa shape index (κ2) is 8.18. The minimum Gasteiger partial charge on any atom is -0.329 e. The number of nitrogens with two attached hydrogens (primary N) is 1. The van der Waals surface area contributed by atoms with Crippen molar-refractivity contribution in [2.75, 3.05) is 20.1 Å². The summed E-state index contributed by atoms with van der Waals surface area (Å²) >= 11 is 6.29. The highest BCUT2D eigenvalue weighted by molar-refractivity contribution is 6.31. The zero-order valence-electron chi connectivity index (χ0n) is 12.5. The second-order valence-corrected chi connectivity index (χ2v) is 5.75. The lowest BCUT2D eigenvalue weighted by Crippen LogP contribution is -2.31. The van der Waals surface area contributed by atoms with Gasteiger partial charge in [0.2, 0.25) is 0 Å². The van der Waals surface area contributed by atoms with Gasteiger partial charge in [0.1, 0.15) is 0 Å². The monoisotopic (exact) mass is 302 g/mol. The van der Waals surface area contributed by atoms with Crippen LogP contribution < -0.4 is 5.73 Å². The van der Waals surface area contributed by atoms with E-state index < -0.39 is 0 Å². The number of halogens is 1. The van der Waals surface area contributed by atoms with E-state index in [4.69, 9.17) is 17.3 Å². The Hall–Kier alpha value is -1.35. The number of likely N-dealkylation sites (N-methyl/N-ethyl adjacent to an activating group) is 1. The van der Waals surface area contributed by atoms with Crippen LogP contribution in [0.1, 0.15) is 23.6 Å². The number of rotatable bonds is 7. The fourth-order valence-corrected chi connectivity index (χ4v) is 2.88. The van der Waals surface area contributed by atoms with Crippen LogP contribution in [0.4, 0.5) is 0 Å². The fraction of sp³-hybridized carbons (Fsp3) is 0.333. The Morgan fingerprint density at radius 3 is 2.38 bits per heavy atom. The lowest BCUT2D eigenvalue weighted by molar-refractivity contribution is 0.247. The largest absolute Gasteiger partial charge is 0.329 e. The average Bonchev–Trinajstić information content (AvgIpc) is 2.51. The highest BCUT2D eigenvalue weighted by Crippen LogP contribution is 2.26. The van der Waals surface area contributed by atoms with Gasteiger partial charge in [0, 0.05) is 17.6 Å². The normalized spacial score (nSPS) is 12.6. The van der Waals surface area contributed by atoms with Crippen molar-refractivity contribution in [2.24, 2.45) is 5.73 Å². The van der Waals surface area contributed by atoms with Crippen molar-refractivity contribution >= 4 is 11.6 Å². The van der Waals surface area contributed by atoms with Gasteiger partial charge in [-0.1, -0.05) is 60.1 Å². The van der Waals surface area contributed by atoms with Gasteiger partial charge in [-0.15, -0.1) is 0 Å². The Morgan fingerprint density at radius 2 is 1.71 bits per heavy atom. The predicted molar refractivity (Wildman–Crippen MR) is 90.6 cm³/mol. The van der Waals surface area contributed by atoms with E-state index in [0.717, 1.165) is 30.0 Å². The van der Waals surface area contributed by atoms with E-state index in [1.165, 1.54) is 5.56 Å². The molecule has 0 aromatic heterocycles. The van der Waals surface area contributed by atoms with Gasteiger partial charge in [0.25, 0.3) is 0 Å². The summed E-state index contributed by atoms with van der Waals surface area (Å²) in [5.41, 5.74) is 8.45. The van der Waals surface area contributed by atoms with Crippen molar-refractivity contribution in [3.63, 3.8) is 0 Å². The maximum absolute atomic E-state index is 6.29. The molecule has 0 fully saturated rings. The maximum Gasteiger partial charge on any atom is 0.0482 e. The molecule has 2 nitrogen and oxygen atoms in total. The second-order valence-electron chi connectivity index (χ2n) is 5.34. The first-order valence-corrected chi connectivity index (χ1v) is 7.79. The molecular weight excluding hydrogens is 280 g/mol. The smallest absolute Gasteiger partial charge is 0.0482 e. The van der Waals surface area contributed by atoms with Crippen molar-refractivity contribution in [1.82, 2.24) is 4.90 Å². The first kappa shape index (κ1) is 16.0. The van der Waals surface area contributed by atoms with Crippen molar-refractivity contribution in [2.45, 2.75) is 18.9 Å². The predicted octanol–water partition coefficient (Wildman–Crippen LogP) is 3.90. The number of hydrogen-bond acceptors (Lipinski definition) is 2. The molecule has 2 aromatic rings. The van der Waals surface area contributed by atoms with E-state index in [9.17, 15) is 0 Å². The van der Waals surface area contributed by atoms with Gasteiger partial charge >= 0.3 is 0 Å². The molecule has 0 aliphatic carbocycles. The Bertz CT molecular complexity index is 542. The standard InChI is InChI=1S/C18H23ClN2/c1-21(13-7-10-15-8-3-2-4-9-15)18(14-20)16-11-5-6-12-17(16)19/h2-6,8-9,11-12,18H,7,10,13-14,20H2,1H3. The van der Waals surface area contributed by atoms with Crippen molar-refractivity contribution < 1.29 is 0 Å². The molecule has 1 atom stereocenters. The van der Waals surface area contributed by atoms with Crippen LogP contribution in [0.15, 0.2) is 54.6 Å². The van der Waals surface area contributed by atoms with Crippen LogP contribution in [0, 0.1) is 0 Å². The summed E-state index contributed by atoms with van der Waals surface area (Å²) in [5.74, 6) is 0. The summed E-state index contributed by atoms with van der Waals surface area (Å²) < 4.78 is 0. The lowest BCUT2D eigenvalue weighted by Gasteiger charge is -2.28. The molecule has 0 saturated carbocycles. The molecule has 0 bridgehead atoms. The molecule has 2 aromatic carbocycles. The summed E-state index contributed by atoms with van der Waals surface area (Å²) in [7, 11) is 2.12. The van der Waals surface area contributed by atoms with E-state index in [-0.39, 0.29) is 6.04 Å². The third-order valence-corrected chi connectivity index (χ3v) is 4.18. The van der Waals surface area contributed by atoms with Crippen molar-refractivity contribution in [1.29, 1.82) is 0 Å². The lowest BCUT2D eigenvalue weighted by atomic mass is 10.0. The zero-order valence-corrected chi connectivity index (χ0v) is 13.3. The van der Waals surface area contributed by atoms with Gasteiger partial charge in [-0.2, -0.15) is 0 Å². The van der Waals surface area contributed by atoms with Crippen LogP contribution in [-0.4, -0.2) is 25.0 Å². The molecule has 21 heavy (non-hydrogen) atoms. The first-order valence-electron chi connectivity index (χ1n) is 7.41. The molecule has 0 saturated heterocycles. The molecule has 1 unspecified atom stereocenters. The van der Waals surface area contributed by atoms with Crippen LogP contribution in [0.5, 0.6) is 0 Å². The van der Waals surface area contributed by atoms with E-state index in [0.29, 0.717) is 6.54 Å². The summed E-state index contributed by atoms with van der Waals surface area (Å²) in [4.78, 5) is 2.30. The summed E-state index contributed by atoms with van der Waals surface area (Å²) in [5, 5.41) is 0.794. The van der Waals surface area contributed by atoms with Gasteiger partial charge in [0.15, 0.2) is 0 Å². The van der Waals surface area contributed by atoms with Crippen molar-refractivity contribution in [3.8, 4) is 0 Å². The van der Waals surface area contributed by atoms with E-state index in [1.54, 1.807) is 0 Å². The molecule has 112 valence electrons. The SMILES string of the molecule is CN(CCCc1ccccc1)C(CN)c1ccccc1Cl. The van der Waals surface area contributed by atoms with Crippen LogP contribution in [0.3, 0.4) is 0 Å². The molecule has 0 aliphatic rings. The fourth-order valence-electron chi connectivity index (χ4n) is 2.62. The molecule has 2 N–H and O–H groups in total. The molecule has 0 radical (unpaired) electrons. The quantitative estimate of drug-likeness (QED) is 0.840. The summed E-state index contributed by atoms with van der Waals surface area (Å²) in [6.45, 7) is 1.58. The van der Waals surface area contributed by atoms with Crippen LogP contribution >= 0.6 is 11.6 Å². The Balaban J connectivity index is 1.92. The highest BCUT2D eigenvalue weighted by Gasteiger charge is 2.17. The minimum atomic E-state index is 0.175. The van der Waals surface area contributed by atoms with Crippen LogP contribution in [0.25, 0.3) is 0 Å². The molecule has 0 heterocycles. The van der Waals surface area contributed by atoms with Gasteiger partial charge < -0.3 is 5.73 Å². The Morgan fingerprint density at radius 1 is 1.05 bits per heavy atom. The highest BCUT2D eigenvalue weighted by atomic mass is 35.5. The van der Waals surface area contributed by atoms with Gasteiger partial charge in [-0.05, 0) is 43.6 Å². The Kier molecular flexibility index (Phi) is 6.24. The molecule has 0 amide bonds. The minimum absolute atomic E-state index is 0.175. The van der Waals surface area contributed by atoms with Crippen LogP contribution in [-0.2, 0) is 6.42 Å². The Labute approximate surface area is 132 Å².